The average Bonchev–Trinajstić information content (AvgIpc) is 2.40. The van der Waals surface area contributed by atoms with E-state index < -0.39 is 0 Å². The Kier molecular flexibility index (Phi) is 4.89. The topological polar surface area (TPSA) is 38.0 Å². The summed E-state index contributed by atoms with van der Waals surface area (Å²) in [6.45, 7) is 5.44. The van der Waals surface area contributed by atoms with E-state index in [9.17, 15) is 0 Å². The Hall–Kier alpha value is -1.44. The summed E-state index contributed by atoms with van der Waals surface area (Å²) in [6, 6.07) is 16.9. The molecule has 0 aliphatic carbocycles. The number of nitrogen functional groups attached to an aromatic ring is 1. The third-order valence-electron chi connectivity index (χ3n) is 2.68. The van der Waals surface area contributed by atoms with E-state index in [0.717, 1.165) is 12.2 Å². The van der Waals surface area contributed by atoms with Gasteiger partial charge in [0.25, 0.3) is 0 Å². The molecule has 2 aromatic carbocycles. The second-order valence-corrected chi connectivity index (χ2v) is 7.38. The molecule has 2 nitrogen and oxygen atoms in total. The summed E-state index contributed by atoms with van der Waals surface area (Å²) in [5.41, 5.74) is 7.72. The van der Waals surface area contributed by atoms with Gasteiger partial charge in [0, 0.05) is 0 Å². The first-order valence-electron chi connectivity index (χ1n) is 6.51. The first-order chi connectivity index (χ1) is 9.13. The van der Waals surface area contributed by atoms with Crippen molar-refractivity contribution < 1.29 is 0 Å². The zero-order valence-electron chi connectivity index (χ0n) is 11.4. The number of hydrogen-bond donors (Lipinski definition) is 2. The molecule has 0 unspecified atom stereocenters. The molecule has 2 rings (SSSR count). The molecule has 0 aromatic heterocycles. The normalized spacial score (nSPS) is 10.7. The van der Waals surface area contributed by atoms with Crippen LogP contribution in [0.15, 0.2) is 48.5 Å². The number of anilines is 2. The van der Waals surface area contributed by atoms with Crippen molar-refractivity contribution in [2.45, 2.75) is 13.8 Å². The third kappa shape index (κ3) is 4.62. The standard InChI is InChI=1S/C16H20N2Se/c1-12(2)11-18-14-5-9-16(10-6-14)19-15-7-3-13(17)4-8-15/h3-10,12,18H,11,17H2,1-2H3. The van der Waals surface area contributed by atoms with Crippen LogP contribution in [0.4, 0.5) is 11.4 Å². The van der Waals surface area contributed by atoms with E-state index in [-0.39, 0.29) is 0 Å². The van der Waals surface area contributed by atoms with Gasteiger partial charge in [-0.25, -0.2) is 0 Å². The van der Waals surface area contributed by atoms with E-state index in [1.165, 1.54) is 14.6 Å². The Morgan fingerprint density at radius 1 is 0.947 bits per heavy atom. The van der Waals surface area contributed by atoms with Crippen LogP contribution in [-0.4, -0.2) is 21.5 Å². The van der Waals surface area contributed by atoms with Crippen LogP contribution in [0.5, 0.6) is 0 Å². The van der Waals surface area contributed by atoms with Gasteiger partial charge in [-0.05, 0) is 0 Å². The van der Waals surface area contributed by atoms with Crippen molar-refractivity contribution in [2.75, 3.05) is 17.6 Å². The van der Waals surface area contributed by atoms with Gasteiger partial charge in [0.2, 0.25) is 0 Å². The Balaban J connectivity index is 1.96. The van der Waals surface area contributed by atoms with Gasteiger partial charge >= 0.3 is 121 Å². The monoisotopic (exact) mass is 320 g/mol. The van der Waals surface area contributed by atoms with E-state index in [2.05, 4.69) is 55.6 Å². The number of nitrogens with two attached hydrogens (primary N) is 1. The summed E-state index contributed by atoms with van der Waals surface area (Å²) in [5.74, 6) is 0.665. The fraction of sp³-hybridized carbons (Fsp3) is 0.250. The zero-order chi connectivity index (χ0) is 13.7. The van der Waals surface area contributed by atoms with Gasteiger partial charge < -0.3 is 0 Å². The molecule has 0 atom stereocenters. The molecule has 0 saturated heterocycles. The molecule has 100 valence electrons. The van der Waals surface area contributed by atoms with E-state index in [1.807, 2.05) is 12.1 Å². The SMILES string of the molecule is CC(C)CNc1ccc([Se]c2ccc(N)cc2)cc1. The van der Waals surface area contributed by atoms with Crippen molar-refractivity contribution in [1.82, 2.24) is 0 Å². The summed E-state index contributed by atoms with van der Waals surface area (Å²) >= 11 is 0.351. The minimum atomic E-state index is 0.351. The van der Waals surface area contributed by atoms with Crippen LogP contribution < -0.4 is 20.0 Å². The maximum absolute atomic E-state index is 5.70. The van der Waals surface area contributed by atoms with E-state index in [1.54, 1.807) is 0 Å². The number of benzene rings is 2. The van der Waals surface area contributed by atoms with E-state index in [0.29, 0.717) is 20.9 Å². The van der Waals surface area contributed by atoms with Crippen LogP contribution >= 0.6 is 0 Å². The van der Waals surface area contributed by atoms with Gasteiger partial charge in [-0.15, -0.1) is 0 Å². The molecule has 0 radical (unpaired) electrons. The molecule has 0 saturated carbocycles. The molecule has 2 aromatic rings. The van der Waals surface area contributed by atoms with Crippen molar-refractivity contribution in [3.05, 3.63) is 48.5 Å². The molecule has 3 N–H and O–H groups in total. The van der Waals surface area contributed by atoms with Crippen molar-refractivity contribution in [2.24, 2.45) is 5.92 Å². The molecule has 0 fully saturated rings. The van der Waals surface area contributed by atoms with Crippen molar-refractivity contribution in [3.63, 3.8) is 0 Å². The van der Waals surface area contributed by atoms with Gasteiger partial charge in [-0.3, -0.25) is 0 Å². The predicted octanol–water partition coefficient (Wildman–Crippen LogP) is 1.99. The Labute approximate surface area is 121 Å². The van der Waals surface area contributed by atoms with Crippen LogP contribution in [-0.2, 0) is 0 Å². The molecule has 19 heavy (non-hydrogen) atoms. The summed E-state index contributed by atoms with van der Waals surface area (Å²) in [6.07, 6.45) is 0. The van der Waals surface area contributed by atoms with Crippen molar-refractivity contribution in [1.29, 1.82) is 0 Å². The first-order valence-corrected chi connectivity index (χ1v) is 8.22. The Bertz CT molecular complexity index is 503. The molecule has 0 aliphatic heterocycles. The molecule has 0 aliphatic rings. The van der Waals surface area contributed by atoms with Crippen LogP contribution in [0.3, 0.4) is 0 Å². The van der Waals surface area contributed by atoms with E-state index >= 15 is 0 Å². The summed E-state index contributed by atoms with van der Waals surface area (Å²) in [5, 5.41) is 3.43. The first kappa shape index (κ1) is 14.0. The van der Waals surface area contributed by atoms with Gasteiger partial charge in [0.1, 0.15) is 0 Å². The summed E-state index contributed by atoms with van der Waals surface area (Å²) < 4.78 is 2.73. The number of rotatable bonds is 5. The Morgan fingerprint density at radius 2 is 1.47 bits per heavy atom. The van der Waals surface area contributed by atoms with Gasteiger partial charge in [-0.2, -0.15) is 0 Å². The molecule has 0 heterocycles. The molecule has 3 heteroatoms. The fourth-order valence-corrected chi connectivity index (χ4v) is 3.35. The van der Waals surface area contributed by atoms with Crippen LogP contribution in [0.1, 0.15) is 13.8 Å². The quantitative estimate of drug-likeness (QED) is 0.653. The minimum absolute atomic E-state index is 0.351. The van der Waals surface area contributed by atoms with Crippen LogP contribution in [0.2, 0.25) is 0 Å². The molecular weight excluding hydrogens is 299 g/mol. The zero-order valence-corrected chi connectivity index (χ0v) is 13.1. The van der Waals surface area contributed by atoms with E-state index in [4.69, 9.17) is 5.73 Å². The second-order valence-electron chi connectivity index (χ2n) is 4.97. The van der Waals surface area contributed by atoms with Gasteiger partial charge in [0.15, 0.2) is 0 Å². The van der Waals surface area contributed by atoms with Crippen molar-refractivity contribution >= 4 is 35.3 Å². The summed E-state index contributed by atoms with van der Waals surface area (Å²) in [7, 11) is 0. The van der Waals surface area contributed by atoms with Crippen LogP contribution in [0, 0.1) is 5.92 Å². The van der Waals surface area contributed by atoms with Crippen LogP contribution in [0.25, 0.3) is 0 Å². The van der Waals surface area contributed by atoms with Crippen molar-refractivity contribution in [3.8, 4) is 0 Å². The number of nitrogens with one attached hydrogen (secondary N) is 1. The molecule has 0 bridgehead atoms. The van der Waals surface area contributed by atoms with Gasteiger partial charge in [0.05, 0.1) is 0 Å². The fourth-order valence-electron chi connectivity index (χ4n) is 1.63. The summed E-state index contributed by atoms with van der Waals surface area (Å²) in [4.78, 5) is 0. The molecular formula is C16H20N2Se. The maximum atomic E-state index is 5.70. The molecule has 0 spiro atoms. The van der Waals surface area contributed by atoms with Gasteiger partial charge in [-0.1, -0.05) is 0 Å². The predicted molar refractivity (Wildman–Crippen MR) is 85.6 cm³/mol. The number of hydrogen-bond acceptors (Lipinski definition) is 2. The second kappa shape index (κ2) is 6.65. The molecule has 0 amide bonds. The Morgan fingerprint density at radius 3 is 2.00 bits per heavy atom. The average molecular weight is 319 g/mol. The third-order valence-corrected chi connectivity index (χ3v) is 4.82.